The van der Waals surface area contributed by atoms with Gasteiger partial charge >= 0.3 is 5.97 Å². The molecule has 1 fully saturated rings. The molecule has 6 nitrogen and oxygen atoms in total. The van der Waals surface area contributed by atoms with Gasteiger partial charge < -0.3 is 9.64 Å². The lowest BCUT2D eigenvalue weighted by atomic mass is 10.2. The van der Waals surface area contributed by atoms with Crippen LogP contribution in [0.15, 0.2) is 23.1 Å². The predicted octanol–water partition coefficient (Wildman–Crippen LogP) is 1.36. The first kappa shape index (κ1) is 15.8. The van der Waals surface area contributed by atoms with Crippen LogP contribution in [0, 0.1) is 5.92 Å². The van der Waals surface area contributed by atoms with Crippen LogP contribution < -0.4 is 10.0 Å². The summed E-state index contributed by atoms with van der Waals surface area (Å²) in [4.78, 5) is 13.5. The molecule has 0 amide bonds. The molecule has 116 valence electrons. The Bertz CT molecular complexity index is 636. The maximum Gasteiger partial charge on any atom is 0.338 e. The Kier molecular flexibility index (Phi) is 4.53. The fourth-order valence-corrected chi connectivity index (χ4v) is 2.88. The molecule has 1 saturated carbocycles. The van der Waals surface area contributed by atoms with Crippen molar-refractivity contribution in [3.63, 3.8) is 0 Å². The highest BCUT2D eigenvalue weighted by Crippen LogP contribution is 2.32. The van der Waals surface area contributed by atoms with Gasteiger partial charge in [-0.15, -0.1) is 0 Å². The van der Waals surface area contributed by atoms with E-state index >= 15 is 0 Å². The van der Waals surface area contributed by atoms with E-state index in [9.17, 15) is 13.2 Å². The molecule has 0 aromatic heterocycles. The molecule has 1 aromatic carbocycles. The Balaban J connectivity index is 2.17. The number of nitrogens with two attached hydrogens (primary N) is 1. The third-order valence-corrected chi connectivity index (χ3v) is 4.38. The molecule has 1 aromatic rings. The SMILES string of the molecule is CN(C)c1ccc(C(=O)OCCC2CC2)cc1S(N)(=O)=O. The smallest absolute Gasteiger partial charge is 0.338 e. The number of primary sulfonamides is 1. The highest BCUT2D eigenvalue weighted by Gasteiger charge is 2.22. The summed E-state index contributed by atoms with van der Waals surface area (Å²) in [6, 6.07) is 4.37. The van der Waals surface area contributed by atoms with Crippen LogP contribution in [-0.2, 0) is 14.8 Å². The summed E-state index contributed by atoms with van der Waals surface area (Å²) in [7, 11) is -0.496. The number of ether oxygens (including phenoxy) is 1. The number of hydrogen-bond donors (Lipinski definition) is 1. The minimum absolute atomic E-state index is 0.0795. The van der Waals surface area contributed by atoms with E-state index in [0.29, 0.717) is 18.2 Å². The normalized spacial score (nSPS) is 14.8. The first-order valence-corrected chi connectivity index (χ1v) is 8.35. The molecule has 0 bridgehead atoms. The monoisotopic (exact) mass is 312 g/mol. The Labute approximate surface area is 124 Å². The molecule has 1 aliphatic rings. The van der Waals surface area contributed by atoms with Crippen LogP contribution >= 0.6 is 0 Å². The van der Waals surface area contributed by atoms with E-state index in [0.717, 1.165) is 6.42 Å². The van der Waals surface area contributed by atoms with Crippen LogP contribution in [0.5, 0.6) is 0 Å². The number of carbonyl (C=O) groups excluding carboxylic acids is 1. The van der Waals surface area contributed by atoms with Gasteiger partial charge in [0.05, 0.1) is 17.9 Å². The van der Waals surface area contributed by atoms with Gasteiger partial charge in [-0.1, -0.05) is 12.8 Å². The summed E-state index contributed by atoms with van der Waals surface area (Å²) in [5.41, 5.74) is 0.632. The predicted molar refractivity (Wildman–Crippen MR) is 79.8 cm³/mol. The number of sulfonamides is 1. The average molecular weight is 312 g/mol. The van der Waals surface area contributed by atoms with E-state index in [1.165, 1.54) is 18.9 Å². The molecule has 0 radical (unpaired) electrons. The van der Waals surface area contributed by atoms with E-state index in [-0.39, 0.29) is 10.5 Å². The number of esters is 1. The van der Waals surface area contributed by atoms with Crippen molar-refractivity contribution in [3.8, 4) is 0 Å². The molecular weight excluding hydrogens is 292 g/mol. The second-order valence-electron chi connectivity index (χ2n) is 5.49. The summed E-state index contributed by atoms with van der Waals surface area (Å²) >= 11 is 0. The highest BCUT2D eigenvalue weighted by atomic mass is 32.2. The molecule has 0 aliphatic heterocycles. The summed E-state index contributed by atoms with van der Waals surface area (Å²) in [5.74, 6) is 0.153. The van der Waals surface area contributed by atoms with Crippen molar-refractivity contribution in [2.45, 2.75) is 24.2 Å². The van der Waals surface area contributed by atoms with Gasteiger partial charge in [-0.05, 0) is 30.5 Å². The molecule has 2 rings (SSSR count). The maximum absolute atomic E-state index is 11.9. The van der Waals surface area contributed by atoms with Crippen LogP contribution in [0.2, 0.25) is 0 Å². The number of nitrogens with zero attached hydrogens (tertiary/aromatic N) is 1. The van der Waals surface area contributed by atoms with Crippen LogP contribution in [-0.4, -0.2) is 35.1 Å². The van der Waals surface area contributed by atoms with Crippen LogP contribution in [0.4, 0.5) is 5.69 Å². The largest absolute Gasteiger partial charge is 0.462 e. The zero-order valence-electron chi connectivity index (χ0n) is 12.2. The zero-order chi connectivity index (χ0) is 15.6. The maximum atomic E-state index is 11.9. The minimum atomic E-state index is -3.91. The van der Waals surface area contributed by atoms with Crippen LogP contribution in [0.25, 0.3) is 0 Å². The second-order valence-corrected chi connectivity index (χ2v) is 7.02. The van der Waals surface area contributed by atoms with Crippen LogP contribution in [0.3, 0.4) is 0 Å². The van der Waals surface area contributed by atoms with Gasteiger partial charge in [0, 0.05) is 14.1 Å². The first-order valence-electron chi connectivity index (χ1n) is 6.80. The van der Waals surface area contributed by atoms with Gasteiger partial charge in [-0.2, -0.15) is 0 Å². The van der Waals surface area contributed by atoms with Crippen molar-refractivity contribution in [2.24, 2.45) is 11.1 Å². The van der Waals surface area contributed by atoms with Gasteiger partial charge in [-0.3, -0.25) is 0 Å². The summed E-state index contributed by atoms with van der Waals surface area (Å²) in [6.45, 7) is 0.365. The molecule has 2 N–H and O–H groups in total. The zero-order valence-corrected chi connectivity index (χ0v) is 13.0. The summed E-state index contributed by atoms with van der Waals surface area (Å²) < 4.78 is 28.4. The fourth-order valence-electron chi connectivity index (χ4n) is 2.05. The van der Waals surface area contributed by atoms with Crippen LogP contribution in [0.1, 0.15) is 29.6 Å². The van der Waals surface area contributed by atoms with Crippen molar-refractivity contribution in [1.82, 2.24) is 0 Å². The lowest BCUT2D eigenvalue weighted by Gasteiger charge is -2.17. The molecule has 0 spiro atoms. The van der Waals surface area contributed by atoms with Crippen molar-refractivity contribution in [3.05, 3.63) is 23.8 Å². The number of rotatable bonds is 6. The number of hydrogen-bond acceptors (Lipinski definition) is 5. The standard InChI is InChI=1S/C14H20N2O4S/c1-16(2)12-6-5-11(9-13(12)21(15,18)19)14(17)20-8-7-10-3-4-10/h5-6,9-10H,3-4,7-8H2,1-2H3,(H2,15,18,19). The lowest BCUT2D eigenvalue weighted by molar-refractivity contribution is 0.0494. The summed E-state index contributed by atoms with van der Waals surface area (Å²) in [6.07, 6.45) is 3.26. The number of benzene rings is 1. The fraction of sp³-hybridized carbons (Fsp3) is 0.500. The van der Waals surface area contributed by atoms with Crippen molar-refractivity contribution >= 4 is 21.7 Å². The van der Waals surface area contributed by atoms with Gasteiger partial charge in [0.2, 0.25) is 10.0 Å². The molecule has 0 atom stereocenters. The molecule has 0 saturated heterocycles. The van der Waals surface area contributed by atoms with Gasteiger partial charge in [0.1, 0.15) is 4.90 Å². The average Bonchev–Trinajstić information content (AvgIpc) is 3.21. The van der Waals surface area contributed by atoms with E-state index < -0.39 is 16.0 Å². The molecule has 0 unspecified atom stereocenters. The van der Waals surface area contributed by atoms with Crippen molar-refractivity contribution in [2.75, 3.05) is 25.6 Å². The Morgan fingerprint density at radius 2 is 2.05 bits per heavy atom. The quantitative estimate of drug-likeness (QED) is 0.801. The van der Waals surface area contributed by atoms with Crippen molar-refractivity contribution in [1.29, 1.82) is 0 Å². The Hall–Kier alpha value is -1.60. The molecule has 21 heavy (non-hydrogen) atoms. The molecule has 1 aliphatic carbocycles. The number of anilines is 1. The third kappa shape index (κ3) is 4.18. The molecular formula is C14H20N2O4S. The second kappa shape index (κ2) is 6.03. The number of carbonyl (C=O) groups is 1. The van der Waals surface area contributed by atoms with E-state index in [4.69, 9.17) is 9.88 Å². The third-order valence-electron chi connectivity index (χ3n) is 3.44. The lowest BCUT2D eigenvalue weighted by Crippen LogP contribution is -2.20. The van der Waals surface area contributed by atoms with Crippen molar-refractivity contribution < 1.29 is 17.9 Å². The van der Waals surface area contributed by atoms with E-state index in [1.807, 2.05) is 0 Å². The topological polar surface area (TPSA) is 89.7 Å². The Morgan fingerprint density at radius 1 is 1.38 bits per heavy atom. The van der Waals surface area contributed by atoms with E-state index in [1.54, 1.807) is 31.1 Å². The Morgan fingerprint density at radius 3 is 2.57 bits per heavy atom. The van der Waals surface area contributed by atoms with Gasteiger partial charge in [-0.25, -0.2) is 18.4 Å². The minimum Gasteiger partial charge on any atom is -0.462 e. The van der Waals surface area contributed by atoms with Gasteiger partial charge in [0.15, 0.2) is 0 Å². The summed E-state index contributed by atoms with van der Waals surface area (Å²) in [5, 5.41) is 5.21. The first-order chi connectivity index (χ1) is 9.79. The molecule has 7 heteroatoms. The van der Waals surface area contributed by atoms with E-state index in [2.05, 4.69) is 0 Å². The molecule has 0 heterocycles. The highest BCUT2D eigenvalue weighted by molar-refractivity contribution is 7.89. The van der Waals surface area contributed by atoms with Gasteiger partial charge in [0.25, 0.3) is 0 Å².